The lowest BCUT2D eigenvalue weighted by molar-refractivity contribution is 0.447. The van der Waals surface area contributed by atoms with Crippen molar-refractivity contribution in [1.82, 2.24) is 9.97 Å². The monoisotopic (exact) mass is 302 g/mol. The molecular formula is C11H6BrF3N2. The van der Waals surface area contributed by atoms with Crippen LogP contribution in [0.4, 0.5) is 13.2 Å². The molecule has 2 nitrogen and oxygen atoms in total. The van der Waals surface area contributed by atoms with E-state index in [0.717, 1.165) is 12.1 Å². The summed E-state index contributed by atoms with van der Waals surface area (Å²) >= 11 is 3.15. The molecule has 1 aromatic carbocycles. The summed E-state index contributed by atoms with van der Waals surface area (Å²) in [7, 11) is 0. The fourth-order valence-electron chi connectivity index (χ4n) is 1.38. The SMILES string of the molecule is Cc1nc(Br)cc(-c2cc(F)c(F)c(F)c2)n1. The van der Waals surface area contributed by atoms with Gasteiger partial charge in [0.05, 0.1) is 5.69 Å². The largest absolute Gasteiger partial charge is 0.233 e. The average Bonchev–Trinajstić information content (AvgIpc) is 2.23. The van der Waals surface area contributed by atoms with E-state index in [1.807, 2.05) is 0 Å². The Morgan fingerprint density at radius 1 is 1.00 bits per heavy atom. The number of aromatic nitrogens is 2. The maximum absolute atomic E-state index is 13.1. The molecule has 0 aliphatic heterocycles. The number of rotatable bonds is 1. The molecule has 0 fully saturated rings. The van der Waals surface area contributed by atoms with Gasteiger partial charge in [-0.2, -0.15) is 0 Å². The summed E-state index contributed by atoms with van der Waals surface area (Å²) in [5, 5.41) is 0. The van der Waals surface area contributed by atoms with Crippen molar-refractivity contribution < 1.29 is 13.2 Å². The maximum Gasteiger partial charge on any atom is 0.194 e. The lowest BCUT2D eigenvalue weighted by atomic mass is 10.1. The van der Waals surface area contributed by atoms with Gasteiger partial charge >= 0.3 is 0 Å². The van der Waals surface area contributed by atoms with Gasteiger partial charge in [-0.15, -0.1) is 0 Å². The molecule has 1 aromatic heterocycles. The zero-order valence-corrected chi connectivity index (χ0v) is 10.2. The number of nitrogens with zero attached hydrogens (tertiary/aromatic N) is 2. The minimum Gasteiger partial charge on any atom is -0.233 e. The summed E-state index contributed by atoms with van der Waals surface area (Å²) in [6, 6.07) is 3.29. The van der Waals surface area contributed by atoms with E-state index >= 15 is 0 Å². The van der Waals surface area contributed by atoms with Crippen molar-refractivity contribution in [3.8, 4) is 11.3 Å². The van der Waals surface area contributed by atoms with Gasteiger partial charge in [0.15, 0.2) is 17.5 Å². The third-order valence-electron chi connectivity index (χ3n) is 2.09. The van der Waals surface area contributed by atoms with E-state index in [-0.39, 0.29) is 5.56 Å². The second-order valence-electron chi connectivity index (χ2n) is 3.38. The Labute approximate surface area is 104 Å². The van der Waals surface area contributed by atoms with Crippen molar-refractivity contribution in [3.63, 3.8) is 0 Å². The normalized spacial score (nSPS) is 10.6. The van der Waals surface area contributed by atoms with Gasteiger partial charge in [0, 0.05) is 5.56 Å². The molecule has 0 radical (unpaired) electrons. The molecule has 0 aliphatic carbocycles. The number of benzene rings is 1. The Bertz CT molecular complexity index is 544. The Hall–Kier alpha value is -1.43. The molecule has 0 amide bonds. The van der Waals surface area contributed by atoms with Gasteiger partial charge in [0.25, 0.3) is 0 Å². The van der Waals surface area contributed by atoms with E-state index in [4.69, 9.17) is 0 Å². The van der Waals surface area contributed by atoms with Crippen LogP contribution in [-0.2, 0) is 0 Å². The van der Waals surface area contributed by atoms with Crippen LogP contribution in [0.2, 0.25) is 0 Å². The highest BCUT2D eigenvalue weighted by Gasteiger charge is 2.13. The van der Waals surface area contributed by atoms with E-state index in [1.165, 1.54) is 6.07 Å². The highest BCUT2D eigenvalue weighted by atomic mass is 79.9. The fraction of sp³-hybridized carbons (Fsp3) is 0.0909. The quantitative estimate of drug-likeness (QED) is 0.594. The smallest absolute Gasteiger partial charge is 0.194 e. The van der Waals surface area contributed by atoms with Crippen molar-refractivity contribution in [1.29, 1.82) is 0 Å². The number of hydrogen-bond acceptors (Lipinski definition) is 2. The van der Waals surface area contributed by atoms with E-state index in [1.54, 1.807) is 6.92 Å². The molecule has 6 heteroatoms. The first kappa shape index (κ1) is 12.0. The van der Waals surface area contributed by atoms with E-state index in [2.05, 4.69) is 25.9 Å². The van der Waals surface area contributed by atoms with E-state index in [9.17, 15) is 13.2 Å². The van der Waals surface area contributed by atoms with Gasteiger partial charge in [-0.3, -0.25) is 0 Å². The Kier molecular flexibility index (Phi) is 3.15. The van der Waals surface area contributed by atoms with Crippen molar-refractivity contribution in [2.75, 3.05) is 0 Å². The van der Waals surface area contributed by atoms with Gasteiger partial charge in [0.1, 0.15) is 10.4 Å². The number of hydrogen-bond donors (Lipinski definition) is 0. The Morgan fingerprint density at radius 3 is 2.12 bits per heavy atom. The summed E-state index contributed by atoms with van der Waals surface area (Å²) in [4.78, 5) is 7.99. The second-order valence-corrected chi connectivity index (χ2v) is 4.19. The van der Waals surface area contributed by atoms with Crippen LogP contribution in [0.3, 0.4) is 0 Å². The van der Waals surface area contributed by atoms with Crippen LogP contribution in [0.15, 0.2) is 22.8 Å². The molecular weight excluding hydrogens is 297 g/mol. The molecule has 88 valence electrons. The summed E-state index contributed by atoms with van der Waals surface area (Å²) in [5.41, 5.74) is 0.481. The minimum atomic E-state index is -1.49. The van der Waals surface area contributed by atoms with Crippen molar-refractivity contribution in [3.05, 3.63) is 46.1 Å². The van der Waals surface area contributed by atoms with Crippen LogP contribution in [0.1, 0.15) is 5.82 Å². The standard InChI is InChI=1S/C11H6BrF3N2/c1-5-16-9(4-10(12)17-5)6-2-7(13)11(15)8(14)3-6/h2-4H,1H3. The lowest BCUT2D eigenvalue weighted by Gasteiger charge is -2.04. The molecule has 0 N–H and O–H groups in total. The first-order chi connectivity index (χ1) is 7.97. The topological polar surface area (TPSA) is 25.8 Å². The lowest BCUT2D eigenvalue weighted by Crippen LogP contribution is -1.95. The maximum atomic E-state index is 13.1. The molecule has 0 saturated carbocycles. The predicted octanol–water partition coefficient (Wildman–Crippen LogP) is 3.63. The van der Waals surface area contributed by atoms with Gasteiger partial charge in [-0.25, -0.2) is 23.1 Å². The molecule has 0 spiro atoms. The summed E-state index contributed by atoms with van der Waals surface area (Å²) < 4.78 is 39.4. The van der Waals surface area contributed by atoms with Crippen LogP contribution in [-0.4, -0.2) is 9.97 Å². The predicted molar refractivity (Wildman–Crippen MR) is 59.8 cm³/mol. The molecule has 0 bridgehead atoms. The highest BCUT2D eigenvalue weighted by molar-refractivity contribution is 9.10. The fourth-order valence-corrected chi connectivity index (χ4v) is 1.86. The van der Waals surface area contributed by atoms with Gasteiger partial charge in [0.2, 0.25) is 0 Å². The second kappa shape index (κ2) is 4.44. The molecule has 0 unspecified atom stereocenters. The molecule has 0 saturated heterocycles. The van der Waals surface area contributed by atoms with Crippen molar-refractivity contribution in [2.24, 2.45) is 0 Å². The van der Waals surface area contributed by atoms with Crippen molar-refractivity contribution in [2.45, 2.75) is 6.92 Å². The van der Waals surface area contributed by atoms with Gasteiger partial charge < -0.3 is 0 Å². The molecule has 0 aliphatic rings. The van der Waals surface area contributed by atoms with E-state index < -0.39 is 17.5 Å². The van der Waals surface area contributed by atoms with Crippen LogP contribution in [0, 0.1) is 24.4 Å². The molecule has 0 atom stereocenters. The van der Waals surface area contributed by atoms with Crippen LogP contribution >= 0.6 is 15.9 Å². The third kappa shape index (κ3) is 2.46. The summed E-state index contributed by atoms with van der Waals surface area (Å²) in [5.74, 6) is -3.53. The average molecular weight is 303 g/mol. The summed E-state index contributed by atoms with van der Waals surface area (Å²) in [6.45, 7) is 1.64. The van der Waals surface area contributed by atoms with Crippen LogP contribution in [0.5, 0.6) is 0 Å². The highest BCUT2D eigenvalue weighted by Crippen LogP contribution is 2.23. The molecule has 1 heterocycles. The molecule has 2 rings (SSSR count). The zero-order valence-electron chi connectivity index (χ0n) is 8.64. The van der Waals surface area contributed by atoms with Gasteiger partial charge in [-0.05, 0) is 41.1 Å². The molecule has 17 heavy (non-hydrogen) atoms. The first-order valence-electron chi connectivity index (χ1n) is 4.63. The number of halogens is 4. The summed E-state index contributed by atoms with van der Waals surface area (Å²) in [6.07, 6.45) is 0. The Balaban J connectivity index is 2.60. The van der Waals surface area contributed by atoms with Gasteiger partial charge in [-0.1, -0.05) is 0 Å². The molecule has 2 aromatic rings. The van der Waals surface area contributed by atoms with Crippen LogP contribution in [0.25, 0.3) is 11.3 Å². The van der Waals surface area contributed by atoms with Crippen LogP contribution < -0.4 is 0 Å². The van der Waals surface area contributed by atoms with E-state index in [0.29, 0.717) is 16.1 Å². The number of aryl methyl sites for hydroxylation is 1. The minimum absolute atomic E-state index is 0.160. The third-order valence-corrected chi connectivity index (χ3v) is 2.49. The zero-order chi connectivity index (χ0) is 12.6. The first-order valence-corrected chi connectivity index (χ1v) is 5.43. The Morgan fingerprint density at radius 2 is 1.59 bits per heavy atom. The van der Waals surface area contributed by atoms with Crippen molar-refractivity contribution >= 4 is 15.9 Å².